The molecular formula is C11H14F3N3OS. The van der Waals surface area contributed by atoms with E-state index in [0.29, 0.717) is 6.42 Å². The van der Waals surface area contributed by atoms with E-state index in [1.165, 1.54) is 6.08 Å². The summed E-state index contributed by atoms with van der Waals surface area (Å²) in [4.78, 5) is 14.9. The van der Waals surface area contributed by atoms with Crippen LogP contribution in [-0.4, -0.2) is 17.6 Å². The number of hydrogen-bond donors (Lipinski definition) is 2. The van der Waals surface area contributed by atoms with Crippen molar-refractivity contribution in [2.75, 3.05) is 6.54 Å². The largest absolute Gasteiger partial charge is 0.434 e. The Morgan fingerprint density at radius 3 is 2.79 bits per heavy atom. The minimum atomic E-state index is -4.46. The zero-order valence-electron chi connectivity index (χ0n) is 10.3. The van der Waals surface area contributed by atoms with Gasteiger partial charge in [0.05, 0.1) is 6.04 Å². The van der Waals surface area contributed by atoms with Crippen LogP contribution in [-0.2, 0) is 6.18 Å². The summed E-state index contributed by atoms with van der Waals surface area (Å²) in [7, 11) is 0. The fourth-order valence-corrected chi connectivity index (χ4v) is 2.25. The van der Waals surface area contributed by atoms with Gasteiger partial charge in [-0.25, -0.2) is 9.78 Å². The van der Waals surface area contributed by atoms with Gasteiger partial charge in [0.2, 0.25) is 0 Å². The molecular weight excluding hydrogens is 279 g/mol. The zero-order valence-corrected chi connectivity index (χ0v) is 11.1. The molecule has 0 aliphatic carbocycles. The van der Waals surface area contributed by atoms with E-state index in [2.05, 4.69) is 22.2 Å². The SMILES string of the molecule is C=CCNC(=O)N[C@@H](CC)c1nc(C(F)(F)F)cs1. The molecule has 4 nitrogen and oxygen atoms in total. The lowest BCUT2D eigenvalue weighted by molar-refractivity contribution is -0.140. The van der Waals surface area contributed by atoms with Crippen molar-refractivity contribution in [1.29, 1.82) is 0 Å². The van der Waals surface area contributed by atoms with E-state index in [1.807, 2.05) is 0 Å². The zero-order chi connectivity index (χ0) is 14.5. The monoisotopic (exact) mass is 293 g/mol. The molecule has 8 heteroatoms. The van der Waals surface area contributed by atoms with E-state index < -0.39 is 23.9 Å². The van der Waals surface area contributed by atoms with Gasteiger partial charge in [-0.3, -0.25) is 0 Å². The maximum absolute atomic E-state index is 12.4. The van der Waals surface area contributed by atoms with E-state index in [4.69, 9.17) is 0 Å². The second-order valence-corrected chi connectivity index (χ2v) is 4.56. The average Bonchev–Trinajstić information content (AvgIpc) is 2.82. The number of thiazole rings is 1. The summed E-state index contributed by atoms with van der Waals surface area (Å²) < 4.78 is 37.3. The fourth-order valence-electron chi connectivity index (χ4n) is 1.29. The van der Waals surface area contributed by atoms with Crippen molar-refractivity contribution in [3.05, 3.63) is 28.7 Å². The number of alkyl halides is 3. The molecule has 106 valence electrons. The Kier molecular flexibility index (Phi) is 5.34. The summed E-state index contributed by atoms with van der Waals surface area (Å²) in [6.07, 6.45) is -2.50. The maximum Gasteiger partial charge on any atom is 0.434 e. The first kappa shape index (κ1) is 15.5. The van der Waals surface area contributed by atoms with Crippen LogP contribution < -0.4 is 10.6 Å². The predicted molar refractivity (Wildman–Crippen MR) is 66.9 cm³/mol. The van der Waals surface area contributed by atoms with Crippen LogP contribution in [0.5, 0.6) is 0 Å². The molecule has 0 aromatic carbocycles. The number of halogens is 3. The van der Waals surface area contributed by atoms with Gasteiger partial charge in [0.15, 0.2) is 5.69 Å². The van der Waals surface area contributed by atoms with E-state index in [1.54, 1.807) is 6.92 Å². The van der Waals surface area contributed by atoms with Gasteiger partial charge in [-0.05, 0) is 6.42 Å². The Hall–Kier alpha value is -1.57. The van der Waals surface area contributed by atoms with Crippen molar-refractivity contribution in [3.8, 4) is 0 Å². The Balaban J connectivity index is 2.72. The lowest BCUT2D eigenvalue weighted by Crippen LogP contribution is -2.37. The van der Waals surface area contributed by atoms with Crippen LogP contribution in [0.4, 0.5) is 18.0 Å². The topological polar surface area (TPSA) is 54.0 Å². The smallest absolute Gasteiger partial charge is 0.335 e. The van der Waals surface area contributed by atoms with E-state index >= 15 is 0 Å². The summed E-state index contributed by atoms with van der Waals surface area (Å²) in [6.45, 7) is 5.49. The fraction of sp³-hybridized carbons (Fsp3) is 0.455. The molecule has 0 fully saturated rings. The van der Waals surface area contributed by atoms with Crippen molar-refractivity contribution in [3.63, 3.8) is 0 Å². The standard InChI is InChI=1S/C11H14F3N3OS/c1-3-5-15-10(18)16-7(4-2)9-17-8(6-19-9)11(12,13)14/h3,6-7H,1,4-5H2,2H3,(H2,15,16,18)/t7-/m0/s1. The summed E-state index contributed by atoms with van der Waals surface area (Å²) in [5, 5.41) is 6.24. The number of hydrogen-bond acceptors (Lipinski definition) is 3. The van der Waals surface area contributed by atoms with Crippen LogP contribution in [0, 0.1) is 0 Å². The average molecular weight is 293 g/mol. The Morgan fingerprint density at radius 2 is 2.32 bits per heavy atom. The van der Waals surface area contributed by atoms with Crippen molar-refractivity contribution in [2.24, 2.45) is 0 Å². The molecule has 19 heavy (non-hydrogen) atoms. The number of carbonyl (C=O) groups is 1. The van der Waals surface area contributed by atoms with Gasteiger partial charge in [-0.15, -0.1) is 17.9 Å². The first-order chi connectivity index (χ1) is 8.88. The molecule has 0 aliphatic heterocycles. The first-order valence-electron chi connectivity index (χ1n) is 5.56. The summed E-state index contributed by atoms with van der Waals surface area (Å²) in [5.41, 5.74) is -0.931. The van der Waals surface area contributed by atoms with Gasteiger partial charge in [-0.1, -0.05) is 13.0 Å². The van der Waals surface area contributed by atoms with Crippen molar-refractivity contribution in [1.82, 2.24) is 15.6 Å². The highest BCUT2D eigenvalue weighted by molar-refractivity contribution is 7.09. The highest BCUT2D eigenvalue weighted by Gasteiger charge is 2.34. The molecule has 1 aromatic rings. The minimum absolute atomic E-state index is 0.239. The second kappa shape index (κ2) is 6.55. The number of aromatic nitrogens is 1. The van der Waals surface area contributed by atoms with Gasteiger partial charge in [0.1, 0.15) is 5.01 Å². The van der Waals surface area contributed by atoms with Crippen LogP contribution >= 0.6 is 11.3 Å². The number of amides is 2. The van der Waals surface area contributed by atoms with Gasteiger partial charge in [-0.2, -0.15) is 13.2 Å². The summed E-state index contributed by atoms with van der Waals surface area (Å²) >= 11 is 0.881. The number of urea groups is 1. The highest BCUT2D eigenvalue weighted by atomic mass is 32.1. The van der Waals surface area contributed by atoms with Gasteiger partial charge in [0, 0.05) is 11.9 Å². The number of carbonyl (C=O) groups excluding carboxylic acids is 1. The van der Waals surface area contributed by atoms with E-state index in [-0.39, 0.29) is 11.6 Å². The molecule has 1 atom stereocenters. The molecule has 0 spiro atoms. The normalized spacial score (nSPS) is 12.8. The van der Waals surface area contributed by atoms with Crippen LogP contribution in [0.25, 0.3) is 0 Å². The second-order valence-electron chi connectivity index (χ2n) is 3.67. The number of rotatable bonds is 5. The van der Waals surface area contributed by atoms with Crippen molar-refractivity contribution in [2.45, 2.75) is 25.6 Å². The quantitative estimate of drug-likeness (QED) is 0.820. The first-order valence-corrected chi connectivity index (χ1v) is 6.44. The van der Waals surface area contributed by atoms with Crippen molar-refractivity contribution >= 4 is 17.4 Å². The number of nitrogens with zero attached hydrogens (tertiary/aromatic N) is 1. The number of nitrogens with one attached hydrogen (secondary N) is 2. The minimum Gasteiger partial charge on any atom is -0.335 e. The molecule has 0 unspecified atom stereocenters. The molecule has 2 amide bonds. The Morgan fingerprint density at radius 1 is 1.63 bits per heavy atom. The molecule has 2 N–H and O–H groups in total. The van der Waals surface area contributed by atoms with E-state index in [9.17, 15) is 18.0 Å². The predicted octanol–water partition coefficient (Wildman–Crippen LogP) is 3.10. The maximum atomic E-state index is 12.4. The third-order valence-electron chi connectivity index (χ3n) is 2.23. The van der Waals surface area contributed by atoms with Gasteiger partial charge in [0.25, 0.3) is 0 Å². The lowest BCUT2D eigenvalue weighted by atomic mass is 10.2. The van der Waals surface area contributed by atoms with Gasteiger partial charge >= 0.3 is 12.2 Å². The third kappa shape index (κ3) is 4.55. The van der Waals surface area contributed by atoms with E-state index in [0.717, 1.165) is 16.7 Å². The van der Waals surface area contributed by atoms with Crippen LogP contribution in [0.3, 0.4) is 0 Å². The van der Waals surface area contributed by atoms with Crippen LogP contribution in [0.1, 0.15) is 30.1 Å². The molecule has 0 radical (unpaired) electrons. The molecule has 1 heterocycles. The molecule has 1 aromatic heterocycles. The Bertz CT molecular complexity index is 445. The summed E-state index contributed by atoms with van der Waals surface area (Å²) in [6, 6.07) is -0.999. The van der Waals surface area contributed by atoms with Crippen molar-refractivity contribution < 1.29 is 18.0 Å². The lowest BCUT2D eigenvalue weighted by Gasteiger charge is -2.14. The Labute approximate surface area is 112 Å². The van der Waals surface area contributed by atoms with Crippen LogP contribution in [0.2, 0.25) is 0 Å². The molecule has 0 saturated carbocycles. The summed E-state index contributed by atoms with van der Waals surface area (Å²) in [5.74, 6) is 0. The third-order valence-corrected chi connectivity index (χ3v) is 3.19. The molecule has 0 saturated heterocycles. The molecule has 0 aliphatic rings. The highest BCUT2D eigenvalue weighted by Crippen LogP contribution is 2.32. The van der Waals surface area contributed by atoms with Crippen LogP contribution in [0.15, 0.2) is 18.0 Å². The molecule has 0 bridgehead atoms. The molecule has 1 rings (SSSR count). The van der Waals surface area contributed by atoms with Gasteiger partial charge < -0.3 is 10.6 Å².